The molecule has 1 aromatic carbocycles. The maximum atomic E-state index is 12.1. The molecule has 0 fully saturated rings. The molecular formula is C14H21BrClNO2S. The SMILES string of the molecule is CCCCCCCCNS(=O)(=O)c1ccc(Cl)c(Br)c1. The molecule has 0 saturated carbocycles. The molecule has 0 aliphatic rings. The molecule has 0 amide bonds. The van der Waals surface area contributed by atoms with Crippen molar-refractivity contribution in [2.75, 3.05) is 6.54 Å². The lowest BCUT2D eigenvalue weighted by molar-refractivity contribution is 0.567. The highest BCUT2D eigenvalue weighted by Crippen LogP contribution is 2.25. The molecule has 0 atom stereocenters. The fourth-order valence-corrected chi connectivity index (χ4v) is 3.59. The normalized spacial score (nSPS) is 11.8. The molecule has 0 radical (unpaired) electrons. The Morgan fingerprint density at radius 3 is 2.45 bits per heavy atom. The van der Waals surface area contributed by atoms with Gasteiger partial charge in [-0.25, -0.2) is 13.1 Å². The van der Waals surface area contributed by atoms with Crippen molar-refractivity contribution >= 4 is 37.6 Å². The largest absolute Gasteiger partial charge is 0.240 e. The van der Waals surface area contributed by atoms with Gasteiger partial charge in [0.2, 0.25) is 10.0 Å². The molecule has 20 heavy (non-hydrogen) atoms. The van der Waals surface area contributed by atoms with Gasteiger partial charge >= 0.3 is 0 Å². The van der Waals surface area contributed by atoms with Crippen LogP contribution in [0.3, 0.4) is 0 Å². The first-order chi connectivity index (χ1) is 9.47. The van der Waals surface area contributed by atoms with Crippen LogP contribution in [0.25, 0.3) is 0 Å². The van der Waals surface area contributed by atoms with Gasteiger partial charge in [-0.05, 0) is 40.5 Å². The summed E-state index contributed by atoms with van der Waals surface area (Å²) in [4.78, 5) is 0.236. The van der Waals surface area contributed by atoms with Gasteiger partial charge in [-0.1, -0.05) is 50.6 Å². The number of hydrogen-bond donors (Lipinski definition) is 1. The second-order valence-electron chi connectivity index (χ2n) is 4.74. The molecule has 6 heteroatoms. The summed E-state index contributed by atoms with van der Waals surface area (Å²) in [5.41, 5.74) is 0. The van der Waals surface area contributed by atoms with Crippen molar-refractivity contribution in [1.82, 2.24) is 4.72 Å². The van der Waals surface area contributed by atoms with Crippen LogP contribution in [0, 0.1) is 0 Å². The van der Waals surface area contributed by atoms with Crippen LogP contribution in [0.15, 0.2) is 27.6 Å². The number of nitrogens with one attached hydrogen (secondary N) is 1. The Kier molecular flexibility index (Phi) is 8.10. The first-order valence-corrected chi connectivity index (χ1v) is 9.57. The zero-order valence-corrected chi connectivity index (χ0v) is 14.8. The molecule has 0 heterocycles. The second-order valence-corrected chi connectivity index (χ2v) is 7.77. The Bertz CT molecular complexity index is 520. The van der Waals surface area contributed by atoms with Crippen LogP contribution in [-0.4, -0.2) is 15.0 Å². The molecule has 0 aliphatic carbocycles. The van der Waals surface area contributed by atoms with E-state index in [2.05, 4.69) is 27.6 Å². The minimum atomic E-state index is -3.44. The van der Waals surface area contributed by atoms with E-state index in [1.54, 1.807) is 6.07 Å². The summed E-state index contributed by atoms with van der Waals surface area (Å²) < 4.78 is 27.3. The van der Waals surface area contributed by atoms with Gasteiger partial charge in [0, 0.05) is 11.0 Å². The van der Waals surface area contributed by atoms with Crippen molar-refractivity contribution in [2.45, 2.75) is 50.3 Å². The third-order valence-corrected chi connectivity index (χ3v) is 5.70. The van der Waals surface area contributed by atoms with Crippen molar-refractivity contribution in [1.29, 1.82) is 0 Å². The average Bonchev–Trinajstić information content (AvgIpc) is 2.40. The molecule has 0 aliphatic heterocycles. The number of unbranched alkanes of at least 4 members (excludes halogenated alkanes) is 5. The molecule has 0 saturated heterocycles. The highest BCUT2D eigenvalue weighted by Gasteiger charge is 2.14. The molecule has 3 nitrogen and oxygen atoms in total. The topological polar surface area (TPSA) is 46.2 Å². The van der Waals surface area contributed by atoms with E-state index >= 15 is 0 Å². The lowest BCUT2D eigenvalue weighted by Gasteiger charge is -2.07. The predicted octanol–water partition coefficient (Wildman–Crippen LogP) is 4.74. The highest BCUT2D eigenvalue weighted by molar-refractivity contribution is 9.10. The molecule has 0 aromatic heterocycles. The molecule has 114 valence electrons. The summed E-state index contributed by atoms with van der Waals surface area (Å²) in [7, 11) is -3.44. The second kappa shape index (κ2) is 9.03. The van der Waals surface area contributed by atoms with Gasteiger partial charge in [0.25, 0.3) is 0 Å². The van der Waals surface area contributed by atoms with E-state index in [-0.39, 0.29) is 4.90 Å². The molecular weight excluding hydrogens is 362 g/mol. The minimum Gasteiger partial charge on any atom is -0.211 e. The van der Waals surface area contributed by atoms with Gasteiger partial charge in [0.1, 0.15) is 0 Å². The van der Waals surface area contributed by atoms with E-state index < -0.39 is 10.0 Å². The first-order valence-electron chi connectivity index (χ1n) is 6.92. The van der Waals surface area contributed by atoms with Crippen molar-refractivity contribution < 1.29 is 8.42 Å². The third-order valence-electron chi connectivity index (χ3n) is 3.02. The molecule has 1 rings (SSSR count). The van der Waals surface area contributed by atoms with E-state index in [9.17, 15) is 8.42 Å². The van der Waals surface area contributed by atoms with E-state index in [1.165, 1.54) is 37.8 Å². The third kappa shape index (κ3) is 6.12. The lowest BCUT2D eigenvalue weighted by Crippen LogP contribution is -2.24. The summed E-state index contributed by atoms with van der Waals surface area (Å²) >= 11 is 9.09. The standard InChI is InChI=1S/C14H21BrClNO2S/c1-2-3-4-5-6-7-10-17-20(18,19)12-8-9-14(16)13(15)11-12/h8-9,11,17H,2-7,10H2,1H3. The number of sulfonamides is 1. The summed E-state index contributed by atoms with van der Waals surface area (Å²) in [6, 6.07) is 4.60. The van der Waals surface area contributed by atoms with Crippen LogP contribution in [0.2, 0.25) is 5.02 Å². The number of hydrogen-bond acceptors (Lipinski definition) is 2. The number of halogens is 2. The Hall–Kier alpha value is -0.100. The van der Waals surface area contributed by atoms with Crippen molar-refractivity contribution in [3.8, 4) is 0 Å². The summed E-state index contributed by atoms with van der Waals surface area (Å²) in [6.07, 6.45) is 6.81. The number of benzene rings is 1. The van der Waals surface area contributed by atoms with Crippen LogP contribution in [0.4, 0.5) is 0 Å². The maximum Gasteiger partial charge on any atom is 0.240 e. The molecule has 0 spiro atoms. The van der Waals surface area contributed by atoms with Crippen LogP contribution in [0.5, 0.6) is 0 Å². The van der Waals surface area contributed by atoms with Crippen molar-refractivity contribution in [3.05, 3.63) is 27.7 Å². The van der Waals surface area contributed by atoms with Crippen LogP contribution < -0.4 is 4.72 Å². The zero-order valence-electron chi connectivity index (χ0n) is 11.7. The van der Waals surface area contributed by atoms with Gasteiger partial charge in [-0.15, -0.1) is 0 Å². The maximum absolute atomic E-state index is 12.1. The van der Waals surface area contributed by atoms with Crippen LogP contribution >= 0.6 is 27.5 Å². The fourth-order valence-electron chi connectivity index (χ4n) is 1.84. The van der Waals surface area contributed by atoms with Gasteiger partial charge in [-0.2, -0.15) is 0 Å². The van der Waals surface area contributed by atoms with E-state index in [4.69, 9.17) is 11.6 Å². The van der Waals surface area contributed by atoms with Gasteiger partial charge in [-0.3, -0.25) is 0 Å². The summed E-state index contributed by atoms with van der Waals surface area (Å²) in [6.45, 7) is 2.66. The minimum absolute atomic E-state index is 0.236. The molecule has 1 N–H and O–H groups in total. The van der Waals surface area contributed by atoms with Crippen molar-refractivity contribution in [3.63, 3.8) is 0 Å². The summed E-state index contributed by atoms with van der Waals surface area (Å²) in [5, 5.41) is 0.500. The summed E-state index contributed by atoms with van der Waals surface area (Å²) in [5.74, 6) is 0. The predicted molar refractivity (Wildman–Crippen MR) is 87.7 cm³/mol. The Morgan fingerprint density at radius 1 is 1.15 bits per heavy atom. The Labute approximate surface area is 135 Å². The van der Waals surface area contributed by atoms with Gasteiger partial charge < -0.3 is 0 Å². The Balaban J connectivity index is 2.40. The number of rotatable bonds is 9. The molecule has 0 unspecified atom stereocenters. The van der Waals surface area contributed by atoms with E-state index in [0.29, 0.717) is 16.0 Å². The van der Waals surface area contributed by atoms with E-state index in [1.807, 2.05) is 0 Å². The van der Waals surface area contributed by atoms with Crippen LogP contribution in [0.1, 0.15) is 45.4 Å². The van der Waals surface area contributed by atoms with Gasteiger partial charge in [0.05, 0.1) is 9.92 Å². The van der Waals surface area contributed by atoms with E-state index in [0.717, 1.165) is 12.8 Å². The Morgan fingerprint density at radius 2 is 1.80 bits per heavy atom. The fraction of sp³-hybridized carbons (Fsp3) is 0.571. The average molecular weight is 383 g/mol. The van der Waals surface area contributed by atoms with Crippen molar-refractivity contribution in [2.24, 2.45) is 0 Å². The molecule has 1 aromatic rings. The van der Waals surface area contributed by atoms with Crippen LogP contribution in [-0.2, 0) is 10.0 Å². The monoisotopic (exact) mass is 381 g/mol. The quantitative estimate of drug-likeness (QED) is 0.627. The smallest absolute Gasteiger partial charge is 0.211 e. The molecule has 0 bridgehead atoms. The first kappa shape index (κ1) is 18.0. The lowest BCUT2D eigenvalue weighted by atomic mass is 10.1. The van der Waals surface area contributed by atoms with Gasteiger partial charge in [0.15, 0.2) is 0 Å². The zero-order chi connectivity index (χ0) is 15.0. The highest BCUT2D eigenvalue weighted by atomic mass is 79.9.